The van der Waals surface area contributed by atoms with E-state index in [-0.39, 0.29) is 12.5 Å². The second-order valence-corrected chi connectivity index (χ2v) is 6.84. The van der Waals surface area contributed by atoms with Gasteiger partial charge in [-0.25, -0.2) is 0 Å². The average molecular weight is 353 g/mol. The lowest BCUT2D eigenvalue weighted by Gasteiger charge is -2.07. The first kappa shape index (κ1) is 17.1. The highest BCUT2D eigenvalue weighted by molar-refractivity contribution is 7.15. The van der Waals surface area contributed by atoms with Crippen molar-refractivity contribution in [2.24, 2.45) is 0 Å². The van der Waals surface area contributed by atoms with Crippen molar-refractivity contribution in [2.75, 3.05) is 11.9 Å². The molecule has 1 N–H and O–H groups in total. The molecule has 0 bridgehead atoms. The summed E-state index contributed by atoms with van der Waals surface area (Å²) in [4.78, 5) is 12.0. The van der Waals surface area contributed by atoms with E-state index in [1.54, 1.807) is 0 Å². The number of benzene rings is 2. The third-order valence-electron chi connectivity index (χ3n) is 3.51. The Morgan fingerprint density at radius 2 is 1.72 bits per heavy atom. The van der Waals surface area contributed by atoms with E-state index in [2.05, 4.69) is 27.6 Å². The van der Waals surface area contributed by atoms with E-state index in [0.29, 0.717) is 16.8 Å². The van der Waals surface area contributed by atoms with Crippen LogP contribution in [0.3, 0.4) is 0 Å². The first-order chi connectivity index (χ1) is 12.1. The molecule has 0 unspecified atom stereocenters. The fourth-order valence-corrected chi connectivity index (χ4v) is 2.96. The Labute approximate surface area is 150 Å². The van der Waals surface area contributed by atoms with E-state index in [4.69, 9.17) is 4.74 Å². The van der Waals surface area contributed by atoms with Crippen LogP contribution in [-0.2, 0) is 4.79 Å². The Morgan fingerprint density at radius 3 is 2.36 bits per heavy atom. The van der Waals surface area contributed by atoms with Gasteiger partial charge in [-0.05, 0) is 23.3 Å². The second kappa shape index (κ2) is 7.90. The van der Waals surface area contributed by atoms with Gasteiger partial charge in [0, 0.05) is 5.92 Å². The van der Waals surface area contributed by atoms with Crippen LogP contribution in [0.5, 0.6) is 5.75 Å². The van der Waals surface area contributed by atoms with Crippen LogP contribution in [0.15, 0.2) is 54.6 Å². The minimum Gasteiger partial charge on any atom is -0.484 e. The van der Waals surface area contributed by atoms with Gasteiger partial charge in [-0.15, -0.1) is 10.2 Å². The van der Waals surface area contributed by atoms with Crippen molar-refractivity contribution < 1.29 is 9.53 Å². The molecule has 5 nitrogen and oxygen atoms in total. The van der Waals surface area contributed by atoms with Gasteiger partial charge in [0.1, 0.15) is 10.8 Å². The van der Waals surface area contributed by atoms with E-state index in [9.17, 15) is 4.79 Å². The average Bonchev–Trinajstić information content (AvgIpc) is 3.10. The summed E-state index contributed by atoms with van der Waals surface area (Å²) in [5.41, 5.74) is 2.25. The second-order valence-electron chi connectivity index (χ2n) is 5.83. The molecular formula is C19H19N3O2S. The van der Waals surface area contributed by atoms with Crippen LogP contribution in [0, 0.1) is 0 Å². The van der Waals surface area contributed by atoms with Crippen LogP contribution in [0.1, 0.15) is 24.8 Å². The summed E-state index contributed by atoms with van der Waals surface area (Å²) in [6.45, 7) is 4.00. The summed E-state index contributed by atoms with van der Waals surface area (Å²) in [7, 11) is 0. The Morgan fingerprint density at radius 1 is 1.04 bits per heavy atom. The number of anilines is 1. The third-order valence-corrected chi connectivity index (χ3v) is 4.65. The van der Waals surface area contributed by atoms with Crippen molar-refractivity contribution in [2.45, 2.75) is 19.8 Å². The number of carbonyl (C=O) groups excluding carboxylic acids is 1. The molecule has 0 radical (unpaired) electrons. The Bertz CT molecular complexity index is 829. The quantitative estimate of drug-likeness (QED) is 0.716. The zero-order chi connectivity index (χ0) is 17.6. The lowest BCUT2D eigenvalue weighted by Crippen LogP contribution is -2.20. The molecule has 1 heterocycles. The number of ether oxygens (including phenoxy) is 1. The van der Waals surface area contributed by atoms with Gasteiger partial charge in [-0.1, -0.05) is 67.6 Å². The molecule has 0 saturated heterocycles. The van der Waals surface area contributed by atoms with Crippen LogP contribution < -0.4 is 10.1 Å². The van der Waals surface area contributed by atoms with Crippen LogP contribution in [0.2, 0.25) is 0 Å². The third kappa shape index (κ3) is 4.64. The largest absolute Gasteiger partial charge is 0.484 e. The van der Waals surface area contributed by atoms with Crippen molar-refractivity contribution >= 4 is 22.4 Å². The van der Waals surface area contributed by atoms with Gasteiger partial charge in [0.05, 0.1) is 0 Å². The minimum absolute atomic E-state index is 0.0682. The predicted octanol–water partition coefficient (Wildman–Crippen LogP) is 4.35. The smallest absolute Gasteiger partial charge is 0.264 e. The summed E-state index contributed by atoms with van der Waals surface area (Å²) >= 11 is 1.38. The molecule has 128 valence electrons. The number of carbonyl (C=O) groups is 1. The fourth-order valence-electron chi connectivity index (χ4n) is 2.20. The zero-order valence-corrected chi connectivity index (χ0v) is 14.9. The number of nitrogens with one attached hydrogen (secondary N) is 1. The summed E-state index contributed by atoms with van der Waals surface area (Å²) < 4.78 is 5.53. The summed E-state index contributed by atoms with van der Waals surface area (Å²) in [6.07, 6.45) is 0. The molecular weight excluding hydrogens is 334 g/mol. The predicted molar refractivity (Wildman–Crippen MR) is 100 cm³/mol. The highest BCUT2D eigenvalue weighted by Gasteiger charge is 2.11. The van der Waals surface area contributed by atoms with Crippen molar-refractivity contribution in [1.82, 2.24) is 10.2 Å². The summed E-state index contributed by atoms with van der Waals surface area (Å²) in [6, 6.07) is 17.8. The molecule has 2 aromatic carbocycles. The maximum atomic E-state index is 12.0. The van der Waals surface area contributed by atoms with Crippen molar-refractivity contribution in [3.63, 3.8) is 0 Å². The molecule has 6 heteroatoms. The molecule has 25 heavy (non-hydrogen) atoms. The van der Waals surface area contributed by atoms with Crippen molar-refractivity contribution in [3.05, 3.63) is 59.6 Å². The Hall–Kier alpha value is -2.73. The van der Waals surface area contributed by atoms with Crippen molar-refractivity contribution in [1.29, 1.82) is 0 Å². The first-order valence-corrected chi connectivity index (χ1v) is 8.85. The minimum atomic E-state index is -0.251. The molecule has 0 fully saturated rings. The molecule has 0 atom stereocenters. The monoisotopic (exact) mass is 353 g/mol. The first-order valence-electron chi connectivity index (χ1n) is 8.03. The van der Waals surface area contributed by atoms with Gasteiger partial charge in [0.15, 0.2) is 6.61 Å². The molecule has 3 rings (SSSR count). The lowest BCUT2D eigenvalue weighted by atomic mass is 10.1. The van der Waals surface area contributed by atoms with Crippen LogP contribution >= 0.6 is 11.3 Å². The van der Waals surface area contributed by atoms with Gasteiger partial charge in [-0.3, -0.25) is 10.1 Å². The number of rotatable bonds is 6. The molecule has 3 aromatic rings. The van der Waals surface area contributed by atoms with Gasteiger partial charge >= 0.3 is 0 Å². The van der Waals surface area contributed by atoms with E-state index in [0.717, 1.165) is 16.1 Å². The highest BCUT2D eigenvalue weighted by atomic mass is 32.1. The zero-order valence-electron chi connectivity index (χ0n) is 14.1. The molecule has 0 saturated carbocycles. The van der Waals surface area contributed by atoms with Gasteiger partial charge < -0.3 is 4.74 Å². The number of aromatic nitrogens is 2. The number of amides is 1. The van der Waals surface area contributed by atoms with Gasteiger partial charge in [0.25, 0.3) is 5.91 Å². The normalized spacial score (nSPS) is 10.7. The summed E-state index contributed by atoms with van der Waals surface area (Å²) in [5.74, 6) is 0.691. The standard InChI is InChI=1S/C19H19N3O2S/c1-13(2)18-21-22-19(25-18)20-17(23)12-24-16-10-8-15(9-11-16)14-6-4-3-5-7-14/h3-11,13H,12H2,1-2H3,(H,20,22,23). The summed E-state index contributed by atoms with van der Waals surface area (Å²) in [5, 5.41) is 12.1. The molecule has 0 aliphatic rings. The number of nitrogens with zero attached hydrogens (tertiary/aromatic N) is 2. The molecule has 0 aliphatic carbocycles. The van der Waals surface area contributed by atoms with Crippen LogP contribution in [-0.4, -0.2) is 22.7 Å². The van der Waals surface area contributed by atoms with E-state index in [1.807, 2.05) is 56.3 Å². The number of hydrogen-bond donors (Lipinski definition) is 1. The fraction of sp³-hybridized carbons (Fsp3) is 0.211. The highest BCUT2D eigenvalue weighted by Crippen LogP contribution is 2.23. The van der Waals surface area contributed by atoms with Crippen molar-refractivity contribution in [3.8, 4) is 16.9 Å². The van der Waals surface area contributed by atoms with Crippen LogP contribution in [0.25, 0.3) is 11.1 Å². The van der Waals surface area contributed by atoms with Crippen LogP contribution in [0.4, 0.5) is 5.13 Å². The lowest BCUT2D eigenvalue weighted by molar-refractivity contribution is -0.118. The SMILES string of the molecule is CC(C)c1nnc(NC(=O)COc2ccc(-c3ccccc3)cc2)s1. The van der Waals surface area contributed by atoms with Gasteiger partial charge in [0.2, 0.25) is 5.13 Å². The van der Waals surface area contributed by atoms with E-state index in [1.165, 1.54) is 11.3 Å². The Kier molecular flexibility index (Phi) is 5.40. The van der Waals surface area contributed by atoms with E-state index < -0.39 is 0 Å². The molecule has 1 aromatic heterocycles. The Balaban J connectivity index is 1.53. The van der Waals surface area contributed by atoms with Gasteiger partial charge in [-0.2, -0.15) is 0 Å². The number of hydrogen-bond acceptors (Lipinski definition) is 5. The maximum absolute atomic E-state index is 12.0. The topological polar surface area (TPSA) is 64.1 Å². The molecule has 1 amide bonds. The maximum Gasteiger partial charge on any atom is 0.264 e. The molecule has 0 spiro atoms. The van der Waals surface area contributed by atoms with E-state index >= 15 is 0 Å². The molecule has 0 aliphatic heterocycles.